The van der Waals surface area contributed by atoms with Crippen LogP contribution >= 0.6 is 0 Å². The van der Waals surface area contributed by atoms with E-state index in [-0.39, 0.29) is 12.3 Å². The van der Waals surface area contributed by atoms with Gasteiger partial charge in [0.2, 0.25) is 5.91 Å². The van der Waals surface area contributed by atoms with Crippen molar-refractivity contribution in [3.63, 3.8) is 0 Å². The molecule has 0 aliphatic rings. The first-order chi connectivity index (χ1) is 14.5. The quantitative estimate of drug-likeness (QED) is 0.533. The van der Waals surface area contributed by atoms with E-state index in [1.165, 1.54) is 0 Å². The van der Waals surface area contributed by atoms with Gasteiger partial charge in [-0.25, -0.2) is 9.50 Å². The molecule has 6 nitrogen and oxygen atoms in total. The standard InChI is InChI=1S/C24H24N4O2/c1-16-13-17(2)28-24(26-16)21(14-22(29)25-15-18-7-5-4-6-8-18)23(27-28)19-9-11-20(30-3)12-10-19/h4-13H,14-15H2,1-3H3,(H,25,29). The van der Waals surface area contributed by atoms with Crippen LogP contribution < -0.4 is 10.1 Å². The summed E-state index contributed by atoms with van der Waals surface area (Å²) < 4.78 is 7.08. The topological polar surface area (TPSA) is 68.5 Å². The minimum Gasteiger partial charge on any atom is -0.497 e. The summed E-state index contributed by atoms with van der Waals surface area (Å²) in [6, 6.07) is 19.5. The van der Waals surface area contributed by atoms with Crippen molar-refractivity contribution in [3.05, 3.63) is 83.2 Å². The van der Waals surface area contributed by atoms with Gasteiger partial charge in [0.05, 0.1) is 19.2 Å². The lowest BCUT2D eigenvalue weighted by Gasteiger charge is -2.07. The lowest BCUT2D eigenvalue weighted by Crippen LogP contribution is -2.24. The van der Waals surface area contributed by atoms with Gasteiger partial charge < -0.3 is 10.1 Å². The number of rotatable bonds is 6. The average molecular weight is 400 g/mol. The highest BCUT2D eigenvalue weighted by atomic mass is 16.5. The van der Waals surface area contributed by atoms with Crippen molar-refractivity contribution in [2.24, 2.45) is 0 Å². The maximum atomic E-state index is 12.8. The number of benzene rings is 2. The molecule has 0 spiro atoms. The molecule has 0 saturated carbocycles. The molecule has 152 valence electrons. The lowest BCUT2D eigenvalue weighted by atomic mass is 10.0. The van der Waals surface area contributed by atoms with Crippen molar-refractivity contribution in [1.29, 1.82) is 0 Å². The number of amides is 1. The van der Waals surface area contributed by atoms with Gasteiger partial charge in [0.25, 0.3) is 0 Å². The number of aryl methyl sites for hydroxylation is 2. The molecule has 2 aromatic carbocycles. The molecule has 0 aliphatic carbocycles. The third kappa shape index (κ3) is 4.03. The third-order valence-corrected chi connectivity index (χ3v) is 5.02. The minimum atomic E-state index is -0.0653. The molecule has 4 rings (SSSR count). The van der Waals surface area contributed by atoms with Crippen LogP contribution in [0.3, 0.4) is 0 Å². The van der Waals surface area contributed by atoms with Crippen LogP contribution in [0.15, 0.2) is 60.7 Å². The largest absolute Gasteiger partial charge is 0.497 e. The number of hydrogen-bond acceptors (Lipinski definition) is 4. The normalized spacial score (nSPS) is 10.9. The summed E-state index contributed by atoms with van der Waals surface area (Å²) in [7, 11) is 1.64. The molecule has 0 bridgehead atoms. The van der Waals surface area contributed by atoms with E-state index < -0.39 is 0 Å². The zero-order valence-electron chi connectivity index (χ0n) is 17.3. The number of aromatic nitrogens is 3. The minimum absolute atomic E-state index is 0.0653. The molecule has 30 heavy (non-hydrogen) atoms. The second-order valence-electron chi connectivity index (χ2n) is 7.27. The van der Waals surface area contributed by atoms with Gasteiger partial charge in [-0.05, 0) is 49.7 Å². The fourth-order valence-electron chi connectivity index (χ4n) is 3.53. The number of methoxy groups -OCH3 is 1. The first-order valence-electron chi connectivity index (χ1n) is 9.86. The van der Waals surface area contributed by atoms with Crippen molar-refractivity contribution in [1.82, 2.24) is 19.9 Å². The smallest absolute Gasteiger partial charge is 0.224 e. The Labute approximate surface area is 175 Å². The zero-order valence-corrected chi connectivity index (χ0v) is 17.3. The second-order valence-corrected chi connectivity index (χ2v) is 7.27. The molecule has 0 unspecified atom stereocenters. The van der Waals surface area contributed by atoms with Gasteiger partial charge in [0, 0.05) is 29.1 Å². The number of fused-ring (bicyclic) bond motifs is 1. The Morgan fingerprint density at radius 1 is 1.07 bits per heavy atom. The van der Waals surface area contributed by atoms with E-state index in [1.807, 2.05) is 79.0 Å². The Bertz CT molecular complexity index is 1180. The highest BCUT2D eigenvalue weighted by molar-refractivity contribution is 5.84. The fraction of sp³-hybridized carbons (Fsp3) is 0.208. The van der Waals surface area contributed by atoms with Crippen molar-refractivity contribution in [3.8, 4) is 17.0 Å². The number of nitrogens with one attached hydrogen (secondary N) is 1. The second kappa shape index (κ2) is 8.37. The first kappa shape index (κ1) is 19.6. The Kier molecular flexibility index (Phi) is 5.48. The van der Waals surface area contributed by atoms with Crippen LogP contribution in [0, 0.1) is 13.8 Å². The Morgan fingerprint density at radius 3 is 2.50 bits per heavy atom. The Balaban J connectivity index is 1.69. The van der Waals surface area contributed by atoms with E-state index in [4.69, 9.17) is 9.84 Å². The predicted molar refractivity (Wildman–Crippen MR) is 116 cm³/mol. The van der Waals surface area contributed by atoms with E-state index >= 15 is 0 Å². The van der Waals surface area contributed by atoms with Gasteiger partial charge in [-0.15, -0.1) is 0 Å². The van der Waals surface area contributed by atoms with Gasteiger partial charge in [0.15, 0.2) is 5.65 Å². The molecule has 1 amide bonds. The van der Waals surface area contributed by atoms with E-state index in [9.17, 15) is 4.79 Å². The van der Waals surface area contributed by atoms with Crippen molar-refractivity contribution in [2.45, 2.75) is 26.8 Å². The summed E-state index contributed by atoms with van der Waals surface area (Å²) in [5.41, 5.74) is 6.14. The van der Waals surface area contributed by atoms with Crippen LogP contribution in [0.2, 0.25) is 0 Å². The molecule has 0 radical (unpaired) electrons. The Hall–Kier alpha value is -3.67. The monoisotopic (exact) mass is 400 g/mol. The summed E-state index contributed by atoms with van der Waals surface area (Å²) in [4.78, 5) is 17.5. The molecule has 0 aliphatic heterocycles. The van der Waals surface area contributed by atoms with Crippen LogP contribution in [0.25, 0.3) is 16.9 Å². The SMILES string of the molecule is COc1ccc(-c2nn3c(C)cc(C)nc3c2CC(=O)NCc2ccccc2)cc1. The fourth-order valence-corrected chi connectivity index (χ4v) is 3.53. The van der Waals surface area contributed by atoms with Gasteiger partial charge in [-0.2, -0.15) is 5.10 Å². The van der Waals surface area contributed by atoms with Crippen LogP contribution in [0.1, 0.15) is 22.5 Å². The number of hydrogen-bond donors (Lipinski definition) is 1. The summed E-state index contributed by atoms with van der Waals surface area (Å²) in [6.07, 6.45) is 0.202. The molecule has 2 heterocycles. The maximum Gasteiger partial charge on any atom is 0.224 e. The highest BCUT2D eigenvalue weighted by Gasteiger charge is 2.20. The zero-order chi connectivity index (χ0) is 21.1. The molecule has 6 heteroatoms. The van der Waals surface area contributed by atoms with Crippen molar-refractivity contribution < 1.29 is 9.53 Å². The van der Waals surface area contributed by atoms with Crippen molar-refractivity contribution >= 4 is 11.6 Å². The Morgan fingerprint density at radius 2 is 1.80 bits per heavy atom. The molecule has 2 aromatic heterocycles. The number of ether oxygens (including phenoxy) is 1. The van der Waals surface area contributed by atoms with Crippen LogP contribution in [-0.4, -0.2) is 27.6 Å². The summed E-state index contributed by atoms with van der Waals surface area (Å²) >= 11 is 0. The van der Waals surface area contributed by atoms with Crippen LogP contribution in [0.5, 0.6) is 5.75 Å². The molecule has 4 aromatic rings. The first-order valence-corrected chi connectivity index (χ1v) is 9.86. The van der Waals surface area contributed by atoms with Crippen LogP contribution in [-0.2, 0) is 17.8 Å². The molecular formula is C24H24N4O2. The maximum absolute atomic E-state index is 12.8. The van der Waals surface area contributed by atoms with Gasteiger partial charge >= 0.3 is 0 Å². The van der Waals surface area contributed by atoms with Gasteiger partial charge in [-0.3, -0.25) is 4.79 Å². The average Bonchev–Trinajstić information content (AvgIpc) is 3.11. The summed E-state index contributed by atoms with van der Waals surface area (Å²) in [5, 5.41) is 7.79. The summed E-state index contributed by atoms with van der Waals surface area (Å²) in [6.45, 7) is 4.43. The molecule has 0 saturated heterocycles. The molecule has 0 fully saturated rings. The lowest BCUT2D eigenvalue weighted by molar-refractivity contribution is -0.120. The van der Waals surface area contributed by atoms with Crippen molar-refractivity contribution in [2.75, 3.05) is 7.11 Å². The number of carbonyl (C=O) groups excluding carboxylic acids is 1. The third-order valence-electron chi connectivity index (χ3n) is 5.02. The van der Waals surface area contributed by atoms with E-state index in [1.54, 1.807) is 7.11 Å². The molecule has 1 N–H and O–H groups in total. The van der Waals surface area contributed by atoms with Gasteiger partial charge in [0.1, 0.15) is 5.75 Å². The molecule has 0 atom stereocenters. The molecular weight excluding hydrogens is 376 g/mol. The van der Waals surface area contributed by atoms with Gasteiger partial charge in [-0.1, -0.05) is 30.3 Å². The number of nitrogens with zero attached hydrogens (tertiary/aromatic N) is 3. The predicted octanol–water partition coefficient (Wildman–Crippen LogP) is 3.88. The summed E-state index contributed by atoms with van der Waals surface area (Å²) in [5.74, 6) is 0.708. The van der Waals surface area contributed by atoms with E-state index in [0.29, 0.717) is 12.2 Å². The number of carbonyl (C=O) groups is 1. The van der Waals surface area contributed by atoms with E-state index in [0.717, 1.165) is 39.5 Å². The van der Waals surface area contributed by atoms with E-state index in [2.05, 4.69) is 10.3 Å². The van der Waals surface area contributed by atoms with Crippen LogP contribution in [0.4, 0.5) is 0 Å². The highest BCUT2D eigenvalue weighted by Crippen LogP contribution is 2.28.